The van der Waals surface area contributed by atoms with Crippen molar-refractivity contribution >= 4 is 5.91 Å². The van der Waals surface area contributed by atoms with E-state index in [4.69, 9.17) is 0 Å². The summed E-state index contributed by atoms with van der Waals surface area (Å²) in [7, 11) is 0. The molecule has 1 aromatic carbocycles. The van der Waals surface area contributed by atoms with E-state index in [1.54, 1.807) is 0 Å². The molecular formula is C17H17N3O2. The van der Waals surface area contributed by atoms with Crippen LogP contribution in [0.4, 0.5) is 0 Å². The van der Waals surface area contributed by atoms with Crippen molar-refractivity contribution in [3.8, 4) is 0 Å². The number of aromatic amines is 1. The highest BCUT2D eigenvalue weighted by molar-refractivity contribution is 5.91. The number of benzene rings is 1. The number of fused-ring (bicyclic) bond motifs is 1. The van der Waals surface area contributed by atoms with Gasteiger partial charge in [0.15, 0.2) is 0 Å². The Kier molecular flexibility index (Phi) is 2.89. The number of carbonyl (C=O) groups is 1. The number of amides is 1. The number of H-pyrrole nitrogens is 1. The van der Waals surface area contributed by atoms with E-state index >= 15 is 0 Å². The molecule has 22 heavy (non-hydrogen) atoms. The molecule has 0 radical (unpaired) electrons. The fourth-order valence-corrected chi connectivity index (χ4v) is 3.35. The number of nitrogens with zero attached hydrogens (tertiary/aromatic N) is 2. The highest BCUT2D eigenvalue weighted by Crippen LogP contribution is 2.49. The standard InChI is InChI=1S/C17H17N3O2/c21-15-13-6-9-20(10-14(13)18-11-19-15)16(22)17(7-8-17)12-4-2-1-3-5-12/h1-5,11H,6-10H2,(H,18,19,21). The quantitative estimate of drug-likeness (QED) is 0.910. The van der Waals surface area contributed by atoms with Gasteiger partial charge < -0.3 is 9.88 Å². The lowest BCUT2D eigenvalue weighted by Gasteiger charge is -2.31. The third kappa shape index (κ3) is 1.96. The van der Waals surface area contributed by atoms with Gasteiger partial charge in [0.1, 0.15) is 0 Å². The van der Waals surface area contributed by atoms with Crippen molar-refractivity contribution in [3.05, 3.63) is 63.8 Å². The van der Waals surface area contributed by atoms with Crippen molar-refractivity contribution in [2.75, 3.05) is 6.54 Å². The molecule has 0 unspecified atom stereocenters. The molecule has 0 saturated heterocycles. The molecule has 0 spiro atoms. The molecule has 2 aromatic rings. The van der Waals surface area contributed by atoms with Crippen LogP contribution >= 0.6 is 0 Å². The lowest BCUT2D eigenvalue weighted by Crippen LogP contribution is -2.44. The molecule has 5 heteroatoms. The summed E-state index contributed by atoms with van der Waals surface area (Å²) in [6, 6.07) is 10.00. The lowest BCUT2D eigenvalue weighted by atomic mass is 9.93. The third-order valence-corrected chi connectivity index (χ3v) is 4.78. The maximum Gasteiger partial charge on any atom is 0.254 e. The third-order valence-electron chi connectivity index (χ3n) is 4.78. The van der Waals surface area contributed by atoms with Crippen LogP contribution in [0.15, 0.2) is 41.5 Å². The highest BCUT2D eigenvalue weighted by atomic mass is 16.2. The predicted molar refractivity (Wildman–Crippen MR) is 81.3 cm³/mol. The van der Waals surface area contributed by atoms with Gasteiger partial charge in [-0.3, -0.25) is 9.59 Å². The first-order valence-corrected chi connectivity index (χ1v) is 7.61. The van der Waals surface area contributed by atoms with Gasteiger partial charge in [0, 0.05) is 12.1 Å². The van der Waals surface area contributed by atoms with Crippen molar-refractivity contribution in [2.45, 2.75) is 31.2 Å². The molecule has 4 rings (SSSR count). The monoisotopic (exact) mass is 295 g/mol. The van der Waals surface area contributed by atoms with Gasteiger partial charge in [-0.2, -0.15) is 0 Å². The van der Waals surface area contributed by atoms with Gasteiger partial charge in [0.05, 0.1) is 24.0 Å². The second kappa shape index (κ2) is 4.80. The van der Waals surface area contributed by atoms with E-state index in [0.29, 0.717) is 19.5 Å². The fraction of sp³-hybridized carbons (Fsp3) is 0.353. The first-order valence-electron chi connectivity index (χ1n) is 7.61. The molecule has 1 fully saturated rings. The van der Waals surface area contributed by atoms with Gasteiger partial charge in [0.25, 0.3) is 5.56 Å². The van der Waals surface area contributed by atoms with Crippen LogP contribution in [0.25, 0.3) is 0 Å². The zero-order chi connectivity index (χ0) is 15.2. The van der Waals surface area contributed by atoms with Crippen LogP contribution in [-0.4, -0.2) is 27.3 Å². The molecule has 1 amide bonds. The zero-order valence-corrected chi connectivity index (χ0v) is 12.2. The van der Waals surface area contributed by atoms with Gasteiger partial charge in [-0.05, 0) is 24.8 Å². The predicted octanol–water partition coefficient (Wildman–Crippen LogP) is 1.39. The molecule has 0 atom stereocenters. The van der Waals surface area contributed by atoms with Crippen LogP contribution in [0.1, 0.15) is 29.7 Å². The first kappa shape index (κ1) is 13.2. The Morgan fingerprint density at radius 2 is 2.00 bits per heavy atom. The molecule has 1 N–H and O–H groups in total. The Morgan fingerprint density at radius 3 is 2.73 bits per heavy atom. The van der Waals surface area contributed by atoms with Crippen LogP contribution in [0.3, 0.4) is 0 Å². The molecule has 1 saturated carbocycles. The summed E-state index contributed by atoms with van der Waals surface area (Å²) >= 11 is 0. The van der Waals surface area contributed by atoms with E-state index in [-0.39, 0.29) is 16.9 Å². The molecule has 1 aromatic heterocycles. The highest BCUT2D eigenvalue weighted by Gasteiger charge is 2.53. The topological polar surface area (TPSA) is 66.1 Å². The van der Waals surface area contributed by atoms with Gasteiger partial charge in [-0.25, -0.2) is 4.98 Å². The van der Waals surface area contributed by atoms with Gasteiger partial charge >= 0.3 is 0 Å². The van der Waals surface area contributed by atoms with Gasteiger partial charge in [-0.15, -0.1) is 0 Å². The Morgan fingerprint density at radius 1 is 1.23 bits per heavy atom. The molecular weight excluding hydrogens is 278 g/mol. The summed E-state index contributed by atoms with van der Waals surface area (Å²) in [6.07, 6.45) is 3.80. The van der Waals surface area contributed by atoms with Crippen LogP contribution in [-0.2, 0) is 23.2 Å². The molecule has 112 valence electrons. The Labute approximate surface area is 128 Å². The van der Waals surface area contributed by atoms with Gasteiger partial charge in [0.2, 0.25) is 5.91 Å². The second-order valence-electron chi connectivity index (χ2n) is 6.08. The molecule has 2 aliphatic rings. The van der Waals surface area contributed by atoms with Gasteiger partial charge in [-0.1, -0.05) is 30.3 Å². The number of aromatic nitrogens is 2. The number of carbonyl (C=O) groups excluding carboxylic acids is 1. The van der Waals surface area contributed by atoms with E-state index in [2.05, 4.69) is 9.97 Å². The average Bonchev–Trinajstić information content (AvgIpc) is 3.37. The largest absolute Gasteiger partial charge is 0.336 e. The smallest absolute Gasteiger partial charge is 0.254 e. The normalized spacial score (nSPS) is 18.6. The Balaban J connectivity index is 1.62. The van der Waals surface area contributed by atoms with Crippen molar-refractivity contribution in [3.63, 3.8) is 0 Å². The summed E-state index contributed by atoms with van der Waals surface area (Å²) in [6.45, 7) is 1.03. The van der Waals surface area contributed by atoms with Crippen molar-refractivity contribution in [1.82, 2.24) is 14.9 Å². The van der Waals surface area contributed by atoms with Crippen molar-refractivity contribution in [1.29, 1.82) is 0 Å². The lowest BCUT2D eigenvalue weighted by molar-refractivity contribution is -0.135. The molecule has 0 bridgehead atoms. The summed E-state index contributed by atoms with van der Waals surface area (Å²) in [4.78, 5) is 33.5. The summed E-state index contributed by atoms with van der Waals surface area (Å²) in [5.74, 6) is 0.173. The molecule has 1 aliphatic heterocycles. The number of rotatable bonds is 2. The van der Waals surface area contributed by atoms with E-state index < -0.39 is 0 Å². The molecule has 2 heterocycles. The molecule has 1 aliphatic carbocycles. The Bertz CT molecular complexity index is 778. The minimum Gasteiger partial charge on any atom is -0.336 e. The fourth-order valence-electron chi connectivity index (χ4n) is 3.35. The second-order valence-corrected chi connectivity index (χ2v) is 6.08. The minimum atomic E-state index is -0.347. The maximum atomic E-state index is 13.0. The van der Waals surface area contributed by atoms with E-state index in [9.17, 15) is 9.59 Å². The SMILES string of the molecule is O=C(N1CCc2c(nc[nH]c2=O)C1)C1(c2ccccc2)CC1. The maximum absolute atomic E-state index is 13.0. The van der Waals surface area contributed by atoms with E-state index in [1.165, 1.54) is 6.33 Å². The summed E-state index contributed by atoms with van der Waals surface area (Å²) in [5, 5.41) is 0. The first-order chi connectivity index (χ1) is 10.7. The summed E-state index contributed by atoms with van der Waals surface area (Å²) < 4.78 is 0. The minimum absolute atomic E-state index is 0.0821. The number of hydrogen-bond donors (Lipinski definition) is 1. The van der Waals surface area contributed by atoms with E-state index in [0.717, 1.165) is 29.7 Å². The number of nitrogens with one attached hydrogen (secondary N) is 1. The Hall–Kier alpha value is -2.43. The van der Waals surface area contributed by atoms with Crippen LogP contribution < -0.4 is 5.56 Å². The summed E-state index contributed by atoms with van der Waals surface area (Å²) in [5.41, 5.74) is 2.12. The van der Waals surface area contributed by atoms with Crippen LogP contribution in [0.5, 0.6) is 0 Å². The zero-order valence-electron chi connectivity index (χ0n) is 12.2. The van der Waals surface area contributed by atoms with Crippen LogP contribution in [0, 0.1) is 0 Å². The average molecular weight is 295 g/mol. The van der Waals surface area contributed by atoms with Crippen molar-refractivity contribution < 1.29 is 4.79 Å². The van der Waals surface area contributed by atoms with Crippen LogP contribution in [0.2, 0.25) is 0 Å². The molecule has 5 nitrogen and oxygen atoms in total. The van der Waals surface area contributed by atoms with Crippen molar-refractivity contribution in [2.24, 2.45) is 0 Å². The van der Waals surface area contributed by atoms with E-state index in [1.807, 2.05) is 35.2 Å². The number of hydrogen-bond acceptors (Lipinski definition) is 3.